The van der Waals surface area contributed by atoms with Gasteiger partial charge in [0.2, 0.25) is 0 Å². The van der Waals surface area contributed by atoms with E-state index in [0.29, 0.717) is 18.3 Å². The van der Waals surface area contributed by atoms with Gasteiger partial charge in [-0.3, -0.25) is 4.79 Å². The van der Waals surface area contributed by atoms with E-state index in [4.69, 9.17) is 0 Å². The van der Waals surface area contributed by atoms with E-state index in [-0.39, 0.29) is 30.7 Å². The van der Waals surface area contributed by atoms with Crippen LogP contribution in [0.1, 0.15) is 40.5 Å². The van der Waals surface area contributed by atoms with Crippen molar-refractivity contribution in [3.8, 4) is 0 Å². The summed E-state index contributed by atoms with van der Waals surface area (Å²) >= 11 is 0. The zero-order valence-corrected chi connectivity index (χ0v) is 17.4. The van der Waals surface area contributed by atoms with Gasteiger partial charge in [0.1, 0.15) is 0 Å². The van der Waals surface area contributed by atoms with Crippen LogP contribution >= 0.6 is 24.8 Å². The second kappa shape index (κ2) is 11.2. The number of halogens is 2. The highest BCUT2D eigenvalue weighted by Gasteiger charge is 2.18. The molecule has 1 amide bonds. The predicted molar refractivity (Wildman–Crippen MR) is 111 cm³/mol. The maximum atomic E-state index is 12.4. The Bertz CT molecular complexity index is 715. The second-order valence-electron chi connectivity index (χ2n) is 6.75. The summed E-state index contributed by atoms with van der Waals surface area (Å²) in [5, 5.41) is 14.5. The Balaban J connectivity index is 0.00000182. The number of carbonyl (C=O) groups excluding carboxylic acids is 1. The van der Waals surface area contributed by atoms with Crippen molar-refractivity contribution in [1.29, 1.82) is 0 Å². The number of amides is 1. The molecule has 3 rings (SSSR count). The van der Waals surface area contributed by atoms with Crippen molar-refractivity contribution in [2.45, 2.75) is 32.0 Å². The summed E-state index contributed by atoms with van der Waals surface area (Å²) in [6, 6.07) is 8.49. The van der Waals surface area contributed by atoms with Gasteiger partial charge in [0.05, 0.1) is 12.2 Å². The third kappa shape index (κ3) is 6.46. The number of aromatic nitrogens is 3. The third-order valence-corrected chi connectivity index (χ3v) is 4.47. The third-order valence-electron chi connectivity index (χ3n) is 4.47. The van der Waals surface area contributed by atoms with Crippen molar-refractivity contribution in [2.75, 3.05) is 27.2 Å². The van der Waals surface area contributed by atoms with Gasteiger partial charge in [0.25, 0.3) is 5.91 Å². The molecule has 2 aromatic rings. The summed E-state index contributed by atoms with van der Waals surface area (Å²) in [5.74, 6) is -0.181. The first-order chi connectivity index (χ1) is 12.1. The smallest absolute Gasteiger partial charge is 0.273 e. The molecule has 0 aliphatic carbocycles. The fourth-order valence-electron chi connectivity index (χ4n) is 3.12. The molecule has 1 aromatic carbocycles. The van der Waals surface area contributed by atoms with Crippen molar-refractivity contribution in [3.05, 3.63) is 47.3 Å². The van der Waals surface area contributed by atoms with E-state index in [0.717, 1.165) is 38.0 Å². The molecule has 150 valence electrons. The van der Waals surface area contributed by atoms with Gasteiger partial charge in [-0.25, -0.2) is 4.68 Å². The molecule has 1 aliphatic heterocycles. The maximum absolute atomic E-state index is 12.4. The highest BCUT2D eigenvalue weighted by atomic mass is 35.5. The normalized spacial score (nSPS) is 14.3. The lowest BCUT2D eigenvalue weighted by molar-refractivity contribution is 0.0945. The Hall–Kier alpha value is -1.67. The van der Waals surface area contributed by atoms with Crippen LogP contribution < -0.4 is 10.6 Å². The molecular formula is C18H28Cl2N6O. The molecule has 2 heterocycles. The van der Waals surface area contributed by atoms with Crippen LogP contribution in [0.5, 0.6) is 0 Å². The molecule has 0 radical (unpaired) electrons. The molecule has 0 saturated carbocycles. The molecule has 27 heavy (non-hydrogen) atoms. The number of benzene rings is 1. The minimum Gasteiger partial charge on any atom is -0.347 e. The number of carbonyl (C=O) groups is 1. The Labute approximate surface area is 172 Å². The van der Waals surface area contributed by atoms with Crippen LogP contribution in [0, 0.1) is 0 Å². The summed E-state index contributed by atoms with van der Waals surface area (Å²) in [5.41, 5.74) is 2.71. The van der Waals surface area contributed by atoms with E-state index < -0.39 is 0 Å². The number of piperidine rings is 1. The zero-order chi connectivity index (χ0) is 17.6. The van der Waals surface area contributed by atoms with E-state index in [1.54, 1.807) is 6.20 Å². The van der Waals surface area contributed by atoms with Gasteiger partial charge in [-0.05, 0) is 51.2 Å². The molecule has 1 aromatic heterocycles. The number of rotatable bonds is 6. The number of hydrogen-bond donors (Lipinski definition) is 2. The van der Waals surface area contributed by atoms with Gasteiger partial charge in [-0.1, -0.05) is 29.5 Å². The van der Waals surface area contributed by atoms with Crippen LogP contribution in [-0.2, 0) is 13.1 Å². The van der Waals surface area contributed by atoms with Crippen LogP contribution in [0.2, 0.25) is 0 Å². The average Bonchev–Trinajstić information content (AvgIpc) is 3.11. The van der Waals surface area contributed by atoms with Crippen molar-refractivity contribution >= 4 is 30.7 Å². The highest BCUT2D eigenvalue weighted by Crippen LogP contribution is 2.17. The van der Waals surface area contributed by atoms with Crippen molar-refractivity contribution < 1.29 is 4.79 Å². The quantitative estimate of drug-likeness (QED) is 0.756. The molecule has 1 saturated heterocycles. The Morgan fingerprint density at radius 3 is 2.56 bits per heavy atom. The van der Waals surface area contributed by atoms with E-state index in [2.05, 4.69) is 31.9 Å². The fourth-order valence-corrected chi connectivity index (χ4v) is 3.12. The number of hydrogen-bond acceptors (Lipinski definition) is 5. The second-order valence-corrected chi connectivity index (χ2v) is 6.75. The predicted octanol–water partition coefficient (Wildman–Crippen LogP) is 2.04. The first kappa shape index (κ1) is 23.4. The van der Waals surface area contributed by atoms with E-state index in [1.165, 1.54) is 5.56 Å². The van der Waals surface area contributed by atoms with Gasteiger partial charge < -0.3 is 15.5 Å². The Morgan fingerprint density at radius 2 is 1.89 bits per heavy atom. The zero-order valence-electron chi connectivity index (χ0n) is 15.7. The first-order valence-electron chi connectivity index (χ1n) is 8.76. The van der Waals surface area contributed by atoms with Gasteiger partial charge in [0.15, 0.2) is 5.69 Å². The molecule has 9 heteroatoms. The summed E-state index contributed by atoms with van der Waals surface area (Å²) in [6.07, 6.45) is 3.79. The summed E-state index contributed by atoms with van der Waals surface area (Å²) < 4.78 is 1.83. The molecular weight excluding hydrogens is 387 g/mol. The molecule has 1 aliphatic rings. The van der Waals surface area contributed by atoms with Crippen LogP contribution in [-0.4, -0.2) is 53.0 Å². The van der Waals surface area contributed by atoms with Crippen molar-refractivity contribution in [1.82, 2.24) is 30.5 Å². The maximum Gasteiger partial charge on any atom is 0.273 e. The lowest BCUT2D eigenvalue weighted by atomic mass is 10.1. The average molecular weight is 415 g/mol. The minimum absolute atomic E-state index is 0. The molecule has 0 unspecified atom stereocenters. The van der Waals surface area contributed by atoms with E-state index in [1.807, 2.05) is 37.0 Å². The van der Waals surface area contributed by atoms with E-state index >= 15 is 0 Å². The lowest BCUT2D eigenvalue weighted by Crippen LogP contribution is -2.29. The van der Waals surface area contributed by atoms with Gasteiger partial charge in [-0.15, -0.1) is 29.9 Å². The topological polar surface area (TPSA) is 75.1 Å². The summed E-state index contributed by atoms with van der Waals surface area (Å²) in [6.45, 7) is 3.30. The fraction of sp³-hybridized carbons (Fsp3) is 0.500. The number of nitrogens with one attached hydrogen (secondary N) is 2. The minimum atomic E-state index is -0.181. The van der Waals surface area contributed by atoms with Crippen LogP contribution in [0.4, 0.5) is 0 Å². The Morgan fingerprint density at radius 1 is 1.22 bits per heavy atom. The van der Waals surface area contributed by atoms with Gasteiger partial charge in [0, 0.05) is 13.1 Å². The van der Waals surface area contributed by atoms with Crippen LogP contribution in [0.3, 0.4) is 0 Å². The Kier molecular flexibility index (Phi) is 9.73. The monoisotopic (exact) mass is 414 g/mol. The standard InChI is InChI=1S/C18H26N6O.2ClH/c1-23(2)12-15-6-4-3-5-14(15)11-20-18(25)17-13-24(22-21-17)16-7-9-19-10-8-16;;/h3-6,13,16,19H,7-12H2,1-2H3,(H,20,25);2*1H. The van der Waals surface area contributed by atoms with E-state index in [9.17, 15) is 4.79 Å². The highest BCUT2D eigenvalue weighted by molar-refractivity contribution is 5.91. The first-order valence-corrected chi connectivity index (χ1v) is 8.76. The molecule has 0 atom stereocenters. The van der Waals surface area contributed by atoms with Crippen LogP contribution in [0.25, 0.3) is 0 Å². The van der Waals surface area contributed by atoms with Gasteiger partial charge >= 0.3 is 0 Å². The van der Waals surface area contributed by atoms with Crippen molar-refractivity contribution in [2.24, 2.45) is 0 Å². The summed E-state index contributed by atoms with van der Waals surface area (Å²) in [4.78, 5) is 14.5. The summed E-state index contributed by atoms with van der Waals surface area (Å²) in [7, 11) is 4.07. The molecule has 0 bridgehead atoms. The SMILES string of the molecule is CN(C)Cc1ccccc1CNC(=O)c1cn(C2CCNCC2)nn1.Cl.Cl. The number of nitrogens with zero attached hydrogens (tertiary/aromatic N) is 4. The molecule has 2 N–H and O–H groups in total. The largest absolute Gasteiger partial charge is 0.347 e. The molecule has 0 spiro atoms. The lowest BCUT2D eigenvalue weighted by Gasteiger charge is -2.22. The van der Waals surface area contributed by atoms with Crippen LogP contribution in [0.15, 0.2) is 30.5 Å². The van der Waals surface area contributed by atoms with Gasteiger partial charge in [-0.2, -0.15) is 0 Å². The van der Waals surface area contributed by atoms with Crippen molar-refractivity contribution in [3.63, 3.8) is 0 Å². The molecule has 7 nitrogen and oxygen atoms in total. The molecule has 1 fully saturated rings.